The van der Waals surface area contributed by atoms with Gasteiger partial charge >= 0.3 is 0 Å². The van der Waals surface area contributed by atoms with Gasteiger partial charge < -0.3 is 10.6 Å². The molecule has 0 amide bonds. The highest BCUT2D eigenvalue weighted by atomic mass is 32.2. The molecule has 2 N–H and O–H groups in total. The van der Waals surface area contributed by atoms with Crippen LogP contribution in [0.4, 0.5) is 4.39 Å². The predicted octanol–water partition coefficient (Wildman–Crippen LogP) is 3.54. The van der Waals surface area contributed by atoms with Crippen LogP contribution in [0.3, 0.4) is 0 Å². The van der Waals surface area contributed by atoms with Crippen molar-refractivity contribution < 1.29 is 4.39 Å². The minimum atomic E-state index is -0.181. The normalized spacial score (nSPS) is 11.5. The lowest BCUT2D eigenvalue weighted by Gasteiger charge is -2.12. The number of guanidine groups is 1. The van der Waals surface area contributed by atoms with E-state index < -0.39 is 0 Å². The van der Waals surface area contributed by atoms with Crippen LogP contribution in [0.2, 0.25) is 0 Å². The van der Waals surface area contributed by atoms with Crippen molar-refractivity contribution in [3.05, 3.63) is 35.1 Å². The van der Waals surface area contributed by atoms with Crippen LogP contribution in [-0.4, -0.2) is 25.3 Å². The number of rotatable bonds is 8. The zero-order valence-corrected chi connectivity index (χ0v) is 14.0. The summed E-state index contributed by atoms with van der Waals surface area (Å²) in [6, 6.07) is 4.95. The van der Waals surface area contributed by atoms with Gasteiger partial charge in [0.15, 0.2) is 5.96 Å². The molecule has 0 heterocycles. The Kier molecular flexibility index (Phi) is 8.90. The molecule has 118 valence electrons. The zero-order valence-electron chi connectivity index (χ0n) is 13.2. The lowest BCUT2D eigenvalue weighted by molar-refractivity contribution is 0.625. The molecule has 0 aliphatic rings. The van der Waals surface area contributed by atoms with Crippen LogP contribution >= 0.6 is 11.8 Å². The van der Waals surface area contributed by atoms with Crippen LogP contribution in [-0.2, 0) is 12.3 Å². The first kappa shape index (κ1) is 17.8. The van der Waals surface area contributed by atoms with Crippen molar-refractivity contribution in [1.82, 2.24) is 10.6 Å². The van der Waals surface area contributed by atoms with Gasteiger partial charge in [0.05, 0.1) is 6.54 Å². The predicted molar refractivity (Wildman–Crippen MR) is 91.3 cm³/mol. The number of aliphatic imine (C=N–C) groups is 1. The molecule has 0 spiro atoms. The summed E-state index contributed by atoms with van der Waals surface area (Å²) in [5.41, 5.74) is 2.11. The summed E-state index contributed by atoms with van der Waals surface area (Å²) in [5.74, 6) is 1.45. The molecule has 0 saturated heterocycles. The Morgan fingerprint density at radius 1 is 1.24 bits per heavy atom. The van der Waals surface area contributed by atoms with Crippen LogP contribution in [0, 0.1) is 5.82 Å². The van der Waals surface area contributed by atoms with Gasteiger partial charge in [-0.25, -0.2) is 9.38 Å². The minimum absolute atomic E-state index is 0.181. The molecule has 5 heteroatoms. The van der Waals surface area contributed by atoms with E-state index in [1.165, 1.54) is 6.07 Å². The van der Waals surface area contributed by atoms with E-state index in [1.807, 2.05) is 19.2 Å². The molecule has 1 aromatic carbocycles. The van der Waals surface area contributed by atoms with Crippen LogP contribution < -0.4 is 10.6 Å². The van der Waals surface area contributed by atoms with Gasteiger partial charge in [-0.2, -0.15) is 11.8 Å². The first-order valence-electron chi connectivity index (χ1n) is 7.49. The van der Waals surface area contributed by atoms with E-state index in [1.54, 1.807) is 17.8 Å². The molecule has 0 aliphatic carbocycles. The Bertz CT molecular complexity index is 449. The van der Waals surface area contributed by atoms with Crippen molar-refractivity contribution in [2.75, 3.05) is 19.3 Å². The van der Waals surface area contributed by atoms with E-state index in [0.29, 0.717) is 6.54 Å². The molecule has 0 aromatic heterocycles. The maximum Gasteiger partial charge on any atom is 0.191 e. The van der Waals surface area contributed by atoms with Crippen molar-refractivity contribution in [2.24, 2.45) is 4.99 Å². The Morgan fingerprint density at radius 3 is 2.71 bits per heavy atom. The van der Waals surface area contributed by atoms with Crippen LogP contribution in [0.15, 0.2) is 23.2 Å². The van der Waals surface area contributed by atoms with Gasteiger partial charge in [-0.15, -0.1) is 0 Å². The highest BCUT2D eigenvalue weighted by molar-refractivity contribution is 7.97. The van der Waals surface area contributed by atoms with E-state index in [2.05, 4.69) is 22.5 Å². The molecule has 3 nitrogen and oxygen atoms in total. The third-order valence-corrected chi connectivity index (χ3v) is 3.64. The minimum Gasteiger partial charge on any atom is -0.357 e. The fourth-order valence-corrected chi connectivity index (χ4v) is 2.51. The quantitative estimate of drug-likeness (QED) is 0.438. The van der Waals surface area contributed by atoms with E-state index in [0.717, 1.165) is 48.8 Å². The Labute approximate surface area is 131 Å². The standard InChI is InChI=1S/C16H26FN3S/c1-4-6-9-19-16(18-5-2)20-11-13-7-8-15(17)10-14(13)12-21-3/h7-8,10H,4-6,9,11-12H2,1-3H3,(H2,18,19,20). The molecule has 0 saturated carbocycles. The molecule has 0 fully saturated rings. The summed E-state index contributed by atoms with van der Waals surface area (Å²) in [6.45, 7) is 6.53. The summed E-state index contributed by atoms with van der Waals surface area (Å²) >= 11 is 1.69. The number of benzene rings is 1. The molecule has 0 aliphatic heterocycles. The number of nitrogens with one attached hydrogen (secondary N) is 2. The molecule has 1 aromatic rings. The van der Waals surface area contributed by atoms with Gasteiger partial charge in [-0.3, -0.25) is 0 Å². The van der Waals surface area contributed by atoms with E-state index in [4.69, 9.17) is 0 Å². The second-order valence-electron chi connectivity index (χ2n) is 4.82. The smallest absolute Gasteiger partial charge is 0.191 e. The van der Waals surface area contributed by atoms with Gasteiger partial charge in [0.25, 0.3) is 0 Å². The van der Waals surface area contributed by atoms with Crippen molar-refractivity contribution in [3.63, 3.8) is 0 Å². The maximum atomic E-state index is 13.3. The fraction of sp³-hybridized carbons (Fsp3) is 0.562. The second kappa shape index (κ2) is 10.5. The van der Waals surface area contributed by atoms with Crippen LogP contribution in [0.5, 0.6) is 0 Å². The van der Waals surface area contributed by atoms with Gasteiger partial charge in [0.2, 0.25) is 0 Å². The number of unbranched alkanes of at least 4 members (excludes halogenated alkanes) is 1. The monoisotopic (exact) mass is 311 g/mol. The lowest BCUT2D eigenvalue weighted by Crippen LogP contribution is -2.37. The summed E-state index contributed by atoms with van der Waals surface area (Å²) in [4.78, 5) is 4.59. The third-order valence-electron chi connectivity index (χ3n) is 3.04. The van der Waals surface area contributed by atoms with E-state index >= 15 is 0 Å². The van der Waals surface area contributed by atoms with Gasteiger partial charge in [-0.05, 0) is 42.9 Å². The topological polar surface area (TPSA) is 36.4 Å². The maximum absolute atomic E-state index is 13.3. The number of thioether (sulfide) groups is 1. The highest BCUT2D eigenvalue weighted by Gasteiger charge is 2.04. The SMILES string of the molecule is CCCCNC(=NCc1ccc(F)cc1CSC)NCC. The van der Waals surface area contributed by atoms with E-state index in [-0.39, 0.29) is 5.82 Å². The second-order valence-corrected chi connectivity index (χ2v) is 5.69. The summed E-state index contributed by atoms with van der Waals surface area (Å²) < 4.78 is 13.3. The Morgan fingerprint density at radius 2 is 2.05 bits per heavy atom. The Hall–Kier alpha value is -1.23. The van der Waals surface area contributed by atoms with Crippen molar-refractivity contribution in [3.8, 4) is 0 Å². The van der Waals surface area contributed by atoms with Crippen LogP contribution in [0.25, 0.3) is 0 Å². The molecule has 1 rings (SSSR count). The van der Waals surface area contributed by atoms with Crippen LogP contribution in [0.1, 0.15) is 37.8 Å². The molecular formula is C16H26FN3S. The first-order chi connectivity index (χ1) is 10.2. The van der Waals surface area contributed by atoms with Gasteiger partial charge in [0.1, 0.15) is 5.82 Å². The molecule has 0 atom stereocenters. The summed E-state index contributed by atoms with van der Waals surface area (Å²) in [6.07, 6.45) is 4.30. The van der Waals surface area contributed by atoms with Crippen molar-refractivity contribution >= 4 is 17.7 Å². The summed E-state index contributed by atoms with van der Waals surface area (Å²) in [5, 5.41) is 6.55. The van der Waals surface area contributed by atoms with Gasteiger partial charge in [0, 0.05) is 18.8 Å². The number of hydrogen-bond donors (Lipinski definition) is 2. The number of hydrogen-bond acceptors (Lipinski definition) is 2. The van der Waals surface area contributed by atoms with E-state index in [9.17, 15) is 4.39 Å². The molecule has 21 heavy (non-hydrogen) atoms. The van der Waals surface area contributed by atoms with Crippen molar-refractivity contribution in [2.45, 2.75) is 39.0 Å². The number of nitrogens with zero attached hydrogens (tertiary/aromatic N) is 1. The molecular weight excluding hydrogens is 285 g/mol. The van der Waals surface area contributed by atoms with Gasteiger partial charge in [-0.1, -0.05) is 19.4 Å². The average Bonchev–Trinajstić information content (AvgIpc) is 2.47. The molecule has 0 radical (unpaired) electrons. The summed E-state index contributed by atoms with van der Waals surface area (Å²) in [7, 11) is 0. The molecule has 0 unspecified atom stereocenters. The molecule has 0 bridgehead atoms. The zero-order chi connectivity index (χ0) is 15.5. The lowest BCUT2D eigenvalue weighted by atomic mass is 10.1. The first-order valence-corrected chi connectivity index (χ1v) is 8.89. The fourth-order valence-electron chi connectivity index (χ4n) is 1.93. The Balaban J connectivity index is 2.74. The largest absolute Gasteiger partial charge is 0.357 e. The number of halogens is 1. The average molecular weight is 311 g/mol. The third kappa shape index (κ3) is 6.85. The van der Waals surface area contributed by atoms with Crippen molar-refractivity contribution in [1.29, 1.82) is 0 Å². The highest BCUT2D eigenvalue weighted by Crippen LogP contribution is 2.17.